The van der Waals surface area contributed by atoms with Crippen molar-refractivity contribution in [2.24, 2.45) is 5.73 Å². The van der Waals surface area contributed by atoms with Crippen LogP contribution in [0.15, 0.2) is 42.7 Å². The van der Waals surface area contributed by atoms with E-state index in [1.807, 2.05) is 30.0 Å². The van der Waals surface area contributed by atoms with Crippen molar-refractivity contribution in [2.75, 3.05) is 5.32 Å². The predicted molar refractivity (Wildman–Crippen MR) is 81.7 cm³/mol. The van der Waals surface area contributed by atoms with Gasteiger partial charge in [-0.2, -0.15) is 0 Å². The average Bonchev–Trinajstić information content (AvgIpc) is 2.86. The number of carbonyl (C=O) groups excluding carboxylic acids is 1. The van der Waals surface area contributed by atoms with Gasteiger partial charge in [0.05, 0.1) is 0 Å². The first kappa shape index (κ1) is 14.6. The van der Waals surface area contributed by atoms with Crippen molar-refractivity contribution in [2.45, 2.75) is 25.9 Å². The largest absolute Gasteiger partial charge is 0.345 e. The van der Waals surface area contributed by atoms with E-state index in [4.69, 9.17) is 17.3 Å². The third-order valence-electron chi connectivity index (χ3n) is 3.08. The molecule has 1 amide bonds. The van der Waals surface area contributed by atoms with E-state index in [0.717, 1.165) is 12.0 Å². The van der Waals surface area contributed by atoms with Crippen LogP contribution in [0.3, 0.4) is 0 Å². The molecule has 0 aliphatic rings. The Hall–Kier alpha value is -1.78. The van der Waals surface area contributed by atoms with Crippen LogP contribution in [0.5, 0.6) is 0 Å². The highest BCUT2D eigenvalue weighted by molar-refractivity contribution is 6.30. The summed E-state index contributed by atoms with van der Waals surface area (Å²) in [5.74, 6) is -0.0977. The number of hydrogen-bond donors (Lipinski definition) is 2. The molecule has 106 valence electrons. The van der Waals surface area contributed by atoms with E-state index in [0.29, 0.717) is 10.7 Å². The highest BCUT2D eigenvalue weighted by Gasteiger charge is 2.08. The number of nitrogens with zero attached hydrogens (tertiary/aromatic N) is 1. The Kier molecular flexibility index (Phi) is 4.82. The van der Waals surface area contributed by atoms with Gasteiger partial charge in [0.15, 0.2) is 0 Å². The molecule has 0 fully saturated rings. The number of carbonyl (C=O) groups is 1. The Bertz CT molecular complexity index is 594. The van der Waals surface area contributed by atoms with Crippen LogP contribution in [0, 0.1) is 0 Å². The number of nitrogens with two attached hydrogens (primary N) is 1. The van der Waals surface area contributed by atoms with Crippen molar-refractivity contribution in [3.63, 3.8) is 0 Å². The minimum absolute atomic E-state index is 0.0206. The second-order valence-electron chi connectivity index (χ2n) is 4.69. The molecule has 0 aliphatic heterocycles. The smallest absolute Gasteiger partial charge is 0.244 e. The summed E-state index contributed by atoms with van der Waals surface area (Å²) in [5.41, 5.74) is 7.69. The van der Waals surface area contributed by atoms with Crippen molar-refractivity contribution < 1.29 is 4.79 Å². The van der Waals surface area contributed by atoms with Gasteiger partial charge in [-0.05, 0) is 36.2 Å². The van der Waals surface area contributed by atoms with Crippen molar-refractivity contribution in [1.82, 2.24) is 4.57 Å². The van der Waals surface area contributed by atoms with E-state index < -0.39 is 0 Å². The second-order valence-corrected chi connectivity index (χ2v) is 5.13. The quantitative estimate of drug-likeness (QED) is 0.889. The average molecular weight is 292 g/mol. The lowest BCUT2D eigenvalue weighted by atomic mass is 10.1. The van der Waals surface area contributed by atoms with Crippen molar-refractivity contribution in [1.29, 1.82) is 0 Å². The number of nitrogens with one attached hydrogen (secondary N) is 1. The number of amides is 1. The summed E-state index contributed by atoms with van der Waals surface area (Å²) in [6, 6.07) is 9.05. The number of halogens is 1. The standard InChI is InChI=1S/C15H18ClN3O/c1-2-14(17)11-6-7-19(9-11)10-15(20)18-13-5-3-4-12(16)8-13/h3-9,14H,2,10,17H2,1H3,(H,18,20). The fourth-order valence-corrected chi connectivity index (χ4v) is 2.14. The summed E-state index contributed by atoms with van der Waals surface area (Å²) in [7, 11) is 0. The molecular formula is C15H18ClN3O. The molecular weight excluding hydrogens is 274 g/mol. The van der Waals surface area contributed by atoms with E-state index >= 15 is 0 Å². The fourth-order valence-electron chi connectivity index (χ4n) is 1.95. The van der Waals surface area contributed by atoms with Crippen LogP contribution >= 0.6 is 11.6 Å². The molecule has 0 radical (unpaired) electrons. The molecule has 2 rings (SSSR count). The Balaban J connectivity index is 1.96. The summed E-state index contributed by atoms with van der Waals surface area (Å²) in [6.07, 6.45) is 4.65. The van der Waals surface area contributed by atoms with Crippen LogP contribution in [-0.4, -0.2) is 10.5 Å². The summed E-state index contributed by atoms with van der Waals surface area (Å²) < 4.78 is 1.82. The maximum absolute atomic E-state index is 11.9. The zero-order valence-electron chi connectivity index (χ0n) is 11.3. The van der Waals surface area contributed by atoms with Crippen LogP contribution in [0.25, 0.3) is 0 Å². The molecule has 0 spiro atoms. The van der Waals surface area contributed by atoms with Gasteiger partial charge in [0.2, 0.25) is 5.91 Å². The van der Waals surface area contributed by atoms with Gasteiger partial charge in [0, 0.05) is 29.1 Å². The van der Waals surface area contributed by atoms with Gasteiger partial charge in [-0.1, -0.05) is 24.6 Å². The molecule has 1 atom stereocenters. The number of benzene rings is 1. The molecule has 2 aromatic rings. The van der Waals surface area contributed by atoms with E-state index in [1.165, 1.54) is 0 Å². The first-order valence-electron chi connectivity index (χ1n) is 6.55. The summed E-state index contributed by atoms with van der Waals surface area (Å²) >= 11 is 5.87. The molecule has 1 aromatic heterocycles. The molecule has 0 saturated carbocycles. The van der Waals surface area contributed by atoms with E-state index in [2.05, 4.69) is 5.32 Å². The minimum Gasteiger partial charge on any atom is -0.345 e. The first-order chi connectivity index (χ1) is 9.58. The van der Waals surface area contributed by atoms with Crippen LogP contribution in [0.2, 0.25) is 5.02 Å². The maximum Gasteiger partial charge on any atom is 0.244 e. The zero-order valence-corrected chi connectivity index (χ0v) is 12.1. The summed E-state index contributed by atoms with van der Waals surface area (Å²) in [5, 5.41) is 3.41. The number of hydrogen-bond acceptors (Lipinski definition) is 2. The third kappa shape index (κ3) is 3.85. The van der Waals surface area contributed by atoms with Gasteiger partial charge in [-0.25, -0.2) is 0 Å². The minimum atomic E-state index is -0.0977. The van der Waals surface area contributed by atoms with E-state index in [-0.39, 0.29) is 18.5 Å². The Morgan fingerprint density at radius 2 is 2.25 bits per heavy atom. The Morgan fingerprint density at radius 3 is 2.95 bits per heavy atom. The van der Waals surface area contributed by atoms with Gasteiger partial charge < -0.3 is 15.6 Å². The van der Waals surface area contributed by atoms with Gasteiger partial charge >= 0.3 is 0 Å². The van der Waals surface area contributed by atoms with Crippen LogP contribution in [0.1, 0.15) is 24.9 Å². The van der Waals surface area contributed by atoms with Crippen LogP contribution in [0.4, 0.5) is 5.69 Å². The lowest BCUT2D eigenvalue weighted by Gasteiger charge is -2.07. The molecule has 1 aromatic carbocycles. The highest BCUT2D eigenvalue weighted by atomic mass is 35.5. The third-order valence-corrected chi connectivity index (χ3v) is 3.31. The van der Waals surface area contributed by atoms with Crippen molar-refractivity contribution in [3.8, 4) is 0 Å². The Morgan fingerprint density at radius 1 is 1.45 bits per heavy atom. The monoisotopic (exact) mass is 291 g/mol. The second kappa shape index (κ2) is 6.59. The molecule has 1 unspecified atom stereocenters. The molecule has 0 saturated heterocycles. The predicted octanol–water partition coefficient (Wildman–Crippen LogP) is 3.19. The Labute approximate surface area is 123 Å². The SMILES string of the molecule is CCC(N)c1ccn(CC(=O)Nc2cccc(Cl)c2)c1. The highest BCUT2D eigenvalue weighted by Crippen LogP contribution is 2.16. The lowest BCUT2D eigenvalue weighted by Crippen LogP contribution is -2.18. The van der Waals surface area contributed by atoms with Gasteiger partial charge in [0.1, 0.15) is 6.54 Å². The molecule has 20 heavy (non-hydrogen) atoms. The number of aromatic nitrogens is 1. The molecule has 5 heteroatoms. The van der Waals surface area contributed by atoms with Crippen LogP contribution < -0.4 is 11.1 Å². The van der Waals surface area contributed by atoms with E-state index in [1.54, 1.807) is 24.3 Å². The maximum atomic E-state index is 11.9. The van der Waals surface area contributed by atoms with Crippen molar-refractivity contribution >= 4 is 23.2 Å². The van der Waals surface area contributed by atoms with Crippen LogP contribution in [-0.2, 0) is 11.3 Å². The fraction of sp³-hybridized carbons (Fsp3) is 0.267. The first-order valence-corrected chi connectivity index (χ1v) is 6.93. The van der Waals surface area contributed by atoms with Crippen molar-refractivity contribution in [3.05, 3.63) is 53.3 Å². The zero-order chi connectivity index (χ0) is 14.5. The number of rotatable bonds is 5. The molecule has 1 heterocycles. The van der Waals surface area contributed by atoms with Gasteiger partial charge in [0.25, 0.3) is 0 Å². The molecule has 3 N–H and O–H groups in total. The molecule has 0 bridgehead atoms. The lowest BCUT2D eigenvalue weighted by molar-refractivity contribution is -0.116. The normalized spacial score (nSPS) is 12.2. The van der Waals surface area contributed by atoms with E-state index in [9.17, 15) is 4.79 Å². The summed E-state index contributed by atoms with van der Waals surface area (Å²) in [4.78, 5) is 11.9. The number of anilines is 1. The van der Waals surface area contributed by atoms with Gasteiger partial charge in [-0.15, -0.1) is 0 Å². The summed E-state index contributed by atoms with van der Waals surface area (Å²) in [6.45, 7) is 2.29. The topological polar surface area (TPSA) is 60.0 Å². The molecule has 0 aliphatic carbocycles. The van der Waals surface area contributed by atoms with Gasteiger partial charge in [-0.3, -0.25) is 4.79 Å². The molecule has 4 nitrogen and oxygen atoms in total.